The lowest BCUT2D eigenvalue weighted by Gasteiger charge is -2.28. The lowest BCUT2D eigenvalue weighted by atomic mass is 10.2. The van der Waals surface area contributed by atoms with Gasteiger partial charge < -0.3 is 10.2 Å². The van der Waals surface area contributed by atoms with Crippen LogP contribution in [0.3, 0.4) is 0 Å². The predicted octanol–water partition coefficient (Wildman–Crippen LogP) is 0.907. The summed E-state index contributed by atoms with van der Waals surface area (Å²) >= 11 is 0. The van der Waals surface area contributed by atoms with E-state index in [9.17, 15) is 13.2 Å². The quantitative estimate of drug-likeness (QED) is 0.890. The molecule has 0 unspecified atom stereocenters. The Bertz CT molecular complexity index is 663. The lowest BCUT2D eigenvalue weighted by Crippen LogP contribution is -2.46. The molecule has 7 heteroatoms. The molecule has 1 aromatic rings. The van der Waals surface area contributed by atoms with Gasteiger partial charge in [0.25, 0.3) is 5.91 Å². The number of nitrogens with one attached hydrogen (secondary N) is 1. The van der Waals surface area contributed by atoms with Gasteiger partial charge in [-0.25, -0.2) is 8.42 Å². The Hall–Kier alpha value is -1.44. The van der Waals surface area contributed by atoms with Crippen molar-refractivity contribution in [3.63, 3.8) is 0 Å². The smallest absolute Gasteiger partial charge is 0.253 e. The Morgan fingerprint density at radius 3 is 2.39 bits per heavy atom. The third-order valence-electron chi connectivity index (χ3n) is 4.44. The summed E-state index contributed by atoms with van der Waals surface area (Å²) in [6.45, 7) is 4.00. The van der Waals surface area contributed by atoms with Crippen molar-refractivity contribution >= 4 is 15.9 Å². The molecule has 0 spiro atoms. The van der Waals surface area contributed by atoms with Crippen LogP contribution in [0.1, 0.15) is 29.6 Å². The highest BCUT2D eigenvalue weighted by molar-refractivity contribution is 7.89. The van der Waals surface area contributed by atoms with Gasteiger partial charge in [0, 0.05) is 44.8 Å². The van der Waals surface area contributed by atoms with Crippen LogP contribution >= 0.6 is 0 Å². The minimum absolute atomic E-state index is 0.0952. The van der Waals surface area contributed by atoms with Gasteiger partial charge in [0.15, 0.2) is 0 Å². The third kappa shape index (κ3) is 3.57. The van der Waals surface area contributed by atoms with E-state index in [4.69, 9.17) is 0 Å². The largest absolute Gasteiger partial charge is 0.336 e. The average molecular weight is 337 g/mol. The molecule has 2 saturated heterocycles. The molecule has 0 bridgehead atoms. The summed E-state index contributed by atoms with van der Waals surface area (Å²) in [5, 5.41) is 3.20. The molecule has 0 saturated carbocycles. The summed E-state index contributed by atoms with van der Waals surface area (Å²) < 4.78 is 27.0. The Labute approximate surface area is 137 Å². The van der Waals surface area contributed by atoms with E-state index in [0.29, 0.717) is 31.7 Å². The van der Waals surface area contributed by atoms with Gasteiger partial charge >= 0.3 is 0 Å². The van der Waals surface area contributed by atoms with Crippen molar-refractivity contribution in [3.05, 3.63) is 29.8 Å². The van der Waals surface area contributed by atoms with Gasteiger partial charge in [-0.1, -0.05) is 12.5 Å². The van der Waals surface area contributed by atoms with E-state index < -0.39 is 10.0 Å². The topological polar surface area (TPSA) is 69.7 Å². The summed E-state index contributed by atoms with van der Waals surface area (Å²) in [6, 6.07) is 6.46. The lowest BCUT2D eigenvalue weighted by molar-refractivity contribution is 0.0735. The maximum absolute atomic E-state index is 12.7. The fraction of sp³-hybridized carbons (Fsp3) is 0.562. The van der Waals surface area contributed by atoms with Crippen LogP contribution in [0.15, 0.2) is 29.2 Å². The van der Waals surface area contributed by atoms with E-state index in [1.54, 1.807) is 23.1 Å². The molecular weight excluding hydrogens is 314 g/mol. The Morgan fingerprint density at radius 1 is 1.00 bits per heavy atom. The second-order valence-electron chi connectivity index (χ2n) is 6.03. The van der Waals surface area contributed by atoms with Crippen LogP contribution < -0.4 is 5.32 Å². The van der Waals surface area contributed by atoms with Crippen molar-refractivity contribution < 1.29 is 13.2 Å². The number of sulfonamides is 1. The molecule has 23 heavy (non-hydrogen) atoms. The zero-order chi connectivity index (χ0) is 16.3. The highest BCUT2D eigenvalue weighted by Crippen LogP contribution is 2.21. The fourth-order valence-corrected chi connectivity index (χ4v) is 4.66. The second kappa shape index (κ2) is 6.98. The first-order chi connectivity index (χ1) is 11.1. The van der Waals surface area contributed by atoms with Gasteiger partial charge in [-0.2, -0.15) is 4.31 Å². The molecule has 6 nitrogen and oxygen atoms in total. The molecule has 2 heterocycles. The molecule has 3 rings (SSSR count). The maximum atomic E-state index is 12.7. The molecule has 0 atom stereocenters. The number of hydrogen-bond acceptors (Lipinski definition) is 4. The van der Waals surface area contributed by atoms with Gasteiger partial charge in [0.1, 0.15) is 0 Å². The normalized spacial score (nSPS) is 20.4. The number of carbonyl (C=O) groups excluding carboxylic acids is 1. The van der Waals surface area contributed by atoms with Gasteiger partial charge in [0.05, 0.1) is 4.90 Å². The number of carbonyl (C=O) groups is 1. The minimum atomic E-state index is -3.50. The van der Waals surface area contributed by atoms with Crippen LogP contribution in [0.2, 0.25) is 0 Å². The number of benzene rings is 1. The molecule has 126 valence electrons. The predicted molar refractivity (Wildman–Crippen MR) is 87.8 cm³/mol. The monoisotopic (exact) mass is 337 g/mol. The first-order valence-corrected chi connectivity index (χ1v) is 9.63. The van der Waals surface area contributed by atoms with E-state index in [0.717, 1.165) is 32.4 Å². The van der Waals surface area contributed by atoms with Crippen LogP contribution in [0, 0.1) is 0 Å². The van der Waals surface area contributed by atoms with Gasteiger partial charge in [-0.3, -0.25) is 4.79 Å². The average Bonchev–Trinajstić information content (AvgIpc) is 2.62. The first-order valence-electron chi connectivity index (χ1n) is 8.19. The van der Waals surface area contributed by atoms with Crippen molar-refractivity contribution in [3.8, 4) is 0 Å². The number of rotatable bonds is 3. The first kappa shape index (κ1) is 16.4. The van der Waals surface area contributed by atoms with Crippen molar-refractivity contribution in [2.45, 2.75) is 24.2 Å². The molecule has 0 radical (unpaired) electrons. The van der Waals surface area contributed by atoms with E-state index in [1.807, 2.05) is 0 Å². The summed E-state index contributed by atoms with van der Waals surface area (Å²) in [7, 11) is -3.50. The molecule has 0 aliphatic carbocycles. The minimum Gasteiger partial charge on any atom is -0.336 e. The van der Waals surface area contributed by atoms with Gasteiger partial charge in [0.2, 0.25) is 10.0 Å². The Kier molecular flexibility index (Phi) is 4.99. The summed E-state index contributed by atoms with van der Waals surface area (Å²) in [5.74, 6) is -0.0952. The van der Waals surface area contributed by atoms with Crippen molar-refractivity contribution in [1.82, 2.24) is 14.5 Å². The molecule has 1 aromatic carbocycles. The van der Waals surface area contributed by atoms with E-state index in [-0.39, 0.29) is 10.8 Å². The molecular formula is C16H23N3O3S. The number of piperidine rings is 1. The Balaban J connectivity index is 1.82. The summed E-state index contributed by atoms with van der Waals surface area (Å²) in [5.41, 5.74) is 0.449. The SMILES string of the molecule is O=C(c1cccc(S(=O)(=O)N2CCCCC2)c1)N1CCNCC1. The number of piperazine rings is 1. The zero-order valence-electron chi connectivity index (χ0n) is 13.2. The number of amides is 1. The summed E-state index contributed by atoms with van der Waals surface area (Å²) in [6.07, 6.45) is 2.88. The maximum Gasteiger partial charge on any atom is 0.253 e. The van der Waals surface area contributed by atoms with Crippen molar-refractivity contribution in [1.29, 1.82) is 0 Å². The van der Waals surface area contributed by atoms with Crippen LogP contribution in [-0.4, -0.2) is 62.8 Å². The fourth-order valence-electron chi connectivity index (χ4n) is 3.09. The molecule has 1 N–H and O–H groups in total. The van der Waals surface area contributed by atoms with Crippen LogP contribution in [-0.2, 0) is 10.0 Å². The van der Waals surface area contributed by atoms with Crippen LogP contribution in [0.4, 0.5) is 0 Å². The van der Waals surface area contributed by atoms with Crippen molar-refractivity contribution in [2.24, 2.45) is 0 Å². The van der Waals surface area contributed by atoms with E-state index in [2.05, 4.69) is 5.32 Å². The molecule has 2 aliphatic rings. The third-order valence-corrected chi connectivity index (χ3v) is 6.33. The summed E-state index contributed by atoms with van der Waals surface area (Å²) in [4.78, 5) is 14.5. The molecule has 1 amide bonds. The highest BCUT2D eigenvalue weighted by Gasteiger charge is 2.27. The molecule has 0 aromatic heterocycles. The van der Waals surface area contributed by atoms with Crippen molar-refractivity contribution in [2.75, 3.05) is 39.3 Å². The number of hydrogen-bond donors (Lipinski definition) is 1. The number of nitrogens with zero attached hydrogens (tertiary/aromatic N) is 2. The van der Waals surface area contributed by atoms with Crippen LogP contribution in [0.5, 0.6) is 0 Å². The van der Waals surface area contributed by atoms with Gasteiger partial charge in [-0.05, 0) is 31.0 Å². The van der Waals surface area contributed by atoms with E-state index >= 15 is 0 Å². The molecule has 2 fully saturated rings. The Morgan fingerprint density at radius 2 is 1.70 bits per heavy atom. The molecule has 2 aliphatic heterocycles. The van der Waals surface area contributed by atoms with E-state index in [1.165, 1.54) is 10.4 Å². The standard InChI is InChI=1S/C16H23N3O3S/c20-16(18-11-7-17-8-12-18)14-5-4-6-15(13-14)23(21,22)19-9-2-1-3-10-19/h4-6,13,17H,1-3,7-12H2. The zero-order valence-corrected chi connectivity index (χ0v) is 14.0. The van der Waals surface area contributed by atoms with Crippen LogP contribution in [0.25, 0.3) is 0 Å². The second-order valence-corrected chi connectivity index (χ2v) is 7.97. The van der Waals surface area contributed by atoms with Gasteiger partial charge in [-0.15, -0.1) is 0 Å². The highest BCUT2D eigenvalue weighted by atomic mass is 32.2.